The lowest BCUT2D eigenvalue weighted by atomic mass is 10.1. The molecule has 0 unspecified atom stereocenters. The van der Waals surface area contributed by atoms with Crippen molar-refractivity contribution in [1.29, 1.82) is 0 Å². The van der Waals surface area contributed by atoms with E-state index in [1.54, 1.807) is 19.1 Å². The monoisotopic (exact) mass is 288 g/mol. The maximum absolute atomic E-state index is 14.1. The summed E-state index contributed by atoms with van der Waals surface area (Å²) >= 11 is 0. The van der Waals surface area contributed by atoms with Crippen molar-refractivity contribution in [3.63, 3.8) is 0 Å². The predicted octanol–water partition coefficient (Wildman–Crippen LogP) is 2.48. The summed E-state index contributed by atoms with van der Waals surface area (Å²) in [4.78, 5) is 10.5. The fourth-order valence-corrected chi connectivity index (χ4v) is 2.57. The van der Waals surface area contributed by atoms with Crippen molar-refractivity contribution in [3.8, 4) is 17.0 Å². The van der Waals surface area contributed by atoms with Gasteiger partial charge in [0.25, 0.3) is 0 Å². The molecule has 3 rings (SSSR count). The molecular formula is C15H17FN4O. The summed E-state index contributed by atoms with van der Waals surface area (Å²) in [6, 6.07) is 4.41. The minimum atomic E-state index is -0.524. The van der Waals surface area contributed by atoms with Crippen LogP contribution in [0.4, 0.5) is 16.2 Å². The van der Waals surface area contributed by atoms with E-state index < -0.39 is 5.82 Å². The second-order valence-electron chi connectivity index (χ2n) is 5.28. The molecule has 0 bridgehead atoms. The fourth-order valence-electron chi connectivity index (χ4n) is 2.57. The molecule has 6 heteroatoms. The largest absolute Gasteiger partial charge is 0.508 e. The molecule has 0 saturated carbocycles. The number of halogens is 1. The maximum Gasteiger partial charge on any atom is 0.222 e. The molecule has 2 heterocycles. The third kappa shape index (κ3) is 2.61. The Hall–Kier alpha value is -2.37. The van der Waals surface area contributed by atoms with E-state index in [4.69, 9.17) is 5.73 Å². The number of aryl methyl sites for hydroxylation is 1. The van der Waals surface area contributed by atoms with Crippen molar-refractivity contribution in [2.45, 2.75) is 19.8 Å². The van der Waals surface area contributed by atoms with Crippen molar-refractivity contribution < 1.29 is 9.50 Å². The van der Waals surface area contributed by atoms with Gasteiger partial charge in [-0.15, -0.1) is 0 Å². The molecule has 2 aromatic rings. The maximum atomic E-state index is 14.1. The quantitative estimate of drug-likeness (QED) is 0.888. The van der Waals surface area contributed by atoms with Gasteiger partial charge in [-0.25, -0.2) is 9.37 Å². The van der Waals surface area contributed by atoms with Crippen LogP contribution >= 0.6 is 0 Å². The van der Waals surface area contributed by atoms with Crippen molar-refractivity contribution in [3.05, 3.63) is 29.6 Å². The zero-order chi connectivity index (χ0) is 15.0. The van der Waals surface area contributed by atoms with Crippen molar-refractivity contribution in [2.24, 2.45) is 0 Å². The molecule has 1 aliphatic rings. The first-order valence-electron chi connectivity index (χ1n) is 6.93. The van der Waals surface area contributed by atoms with E-state index in [2.05, 4.69) is 14.9 Å². The number of anilines is 2. The Labute approximate surface area is 122 Å². The summed E-state index contributed by atoms with van der Waals surface area (Å²) in [5, 5.41) is 9.55. The van der Waals surface area contributed by atoms with Crippen LogP contribution < -0.4 is 10.6 Å². The van der Waals surface area contributed by atoms with Crippen LogP contribution in [0, 0.1) is 12.7 Å². The number of aromatic nitrogens is 2. The van der Waals surface area contributed by atoms with Gasteiger partial charge in [-0.3, -0.25) is 0 Å². The molecule has 0 aliphatic carbocycles. The van der Waals surface area contributed by atoms with E-state index in [-0.39, 0.29) is 11.7 Å². The van der Waals surface area contributed by atoms with E-state index in [0.717, 1.165) is 37.8 Å². The first-order chi connectivity index (χ1) is 10.0. The van der Waals surface area contributed by atoms with Crippen molar-refractivity contribution in [2.75, 3.05) is 23.7 Å². The molecule has 21 heavy (non-hydrogen) atoms. The molecule has 3 N–H and O–H groups in total. The van der Waals surface area contributed by atoms with Gasteiger partial charge in [0.2, 0.25) is 5.95 Å². The molecule has 1 aromatic carbocycles. The molecule has 0 atom stereocenters. The van der Waals surface area contributed by atoms with Crippen molar-refractivity contribution in [1.82, 2.24) is 9.97 Å². The number of nitrogen functional groups attached to an aromatic ring is 1. The highest BCUT2D eigenvalue weighted by atomic mass is 19.1. The predicted molar refractivity (Wildman–Crippen MR) is 79.7 cm³/mol. The highest BCUT2D eigenvalue weighted by Gasteiger charge is 2.17. The van der Waals surface area contributed by atoms with E-state index in [1.807, 2.05) is 0 Å². The molecule has 1 aliphatic heterocycles. The summed E-state index contributed by atoms with van der Waals surface area (Å²) in [5.74, 6) is 0.251. The zero-order valence-electron chi connectivity index (χ0n) is 11.8. The average molecular weight is 288 g/mol. The second kappa shape index (κ2) is 5.20. The van der Waals surface area contributed by atoms with Gasteiger partial charge in [0, 0.05) is 30.8 Å². The van der Waals surface area contributed by atoms with Crippen LogP contribution in [0.2, 0.25) is 0 Å². The third-order valence-electron chi connectivity index (χ3n) is 3.72. The Bertz CT molecular complexity index is 684. The molecule has 0 amide bonds. The summed E-state index contributed by atoms with van der Waals surface area (Å²) in [5.41, 5.74) is 7.11. The van der Waals surface area contributed by atoms with Gasteiger partial charge < -0.3 is 15.7 Å². The van der Waals surface area contributed by atoms with Crippen LogP contribution in [0.5, 0.6) is 5.75 Å². The Kier molecular flexibility index (Phi) is 3.37. The van der Waals surface area contributed by atoms with Gasteiger partial charge in [0.15, 0.2) is 0 Å². The van der Waals surface area contributed by atoms with Gasteiger partial charge >= 0.3 is 0 Å². The first kappa shape index (κ1) is 13.6. The molecule has 5 nitrogen and oxygen atoms in total. The van der Waals surface area contributed by atoms with E-state index in [9.17, 15) is 9.50 Å². The van der Waals surface area contributed by atoms with E-state index >= 15 is 0 Å². The highest BCUT2D eigenvalue weighted by molar-refractivity contribution is 5.67. The fraction of sp³-hybridized carbons (Fsp3) is 0.333. The topological polar surface area (TPSA) is 75.3 Å². The van der Waals surface area contributed by atoms with E-state index in [0.29, 0.717) is 16.8 Å². The molecule has 0 radical (unpaired) electrons. The summed E-state index contributed by atoms with van der Waals surface area (Å²) in [6.45, 7) is 3.56. The number of hydrogen-bond donors (Lipinski definition) is 2. The Morgan fingerprint density at radius 3 is 2.62 bits per heavy atom. The van der Waals surface area contributed by atoms with E-state index in [1.165, 1.54) is 0 Å². The average Bonchev–Trinajstić information content (AvgIpc) is 2.96. The minimum absolute atomic E-state index is 0.0713. The number of nitrogens with zero attached hydrogens (tertiary/aromatic N) is 3. The lowest BCUT2D eigenvalue weighted by Gasteiger charge is -2.17. The summed E-state index contributed by atoms with van der Waals surface area (Å²) < 4.78 is 14.1. The molecule has 0 spiro atoms. The Balaban J connectivity index is 2.08. The number of rotatable bonds is 2. The number of nitrogens with two attached hydrogens (primary N) is 1. The smallest absolute Gasteiger partial charge is 0.222 e. The van der Waals surface area contributed by atoms with Gasteiger partial charge in [-0.05, 0) is 31.4 Å². The number of phenolic OH excluding ortho intramolecular Hbond substituents is 1. The SMILES string of the molecule is Cc1cc(-c2cc(N3CCCC3)nc(N)n2)c(F)cc1O. The number of hydrogen-bond acceptors (Lipinski definition) is 5. The first-order valence-corrected chi connectivity index (χ1v) is 6.93. The number of phenols is 1. The summed E-state index contributed by atoms with van der Waals surface area (Å²) in [7, 11) is 0. The van der Waals surface area contributed by atoms with Crippen LogP contribution in [0.1, 0.15) is 18.4 Å². The zero-order valence-corrected chi connectivity index (χ0v) is 11.8. The van der Waals surface area contributed by atoms with Gasteiger partial charge in [-0.1, -0.05) is 0 Å². The van der Waals surface area contributed by atoms with Crippen LogP contribution in [0.15, 0.2) is 18.2 Å². The Morgan fingerprint density at radius 2 is 1.90 bits per heavy atom. The highest BCUT2D eigenvalue weighted by Crippen LogP contribution is 2.30. The van der Waals surface area contributed by atoms with Gasteiger partial charge in [0.05, 0.1) is 5.69 Å². The second-order valence-corrected chi connectivity index (χ2v) is 5.28. The lowest BCUT2D eigenvalue weighted by molar-refractivity contribution is 0.465. The Morgan fingerprint density at radius 1 is 1.19 bits per heavy atom. The lowest BCUT2D eigenvalue weighted by Crippen LogP contribution is -2.19. The van der Waals surface area contributed by atoms with Crippen LogP contribution in [0.3, 0.4) is 0 Å². The molecule has 1 aromatic heterocycles. The number of benzene rings is 1. The third-order valence-corrected chi connectivity index (χ3v) is 3.72. The molecular weight excluding hydrogens is 271 g/mol. The minimum Gasteiger partial charge on any atom is -0.508 e. The normalized spacial score (nSPS) is 14.7. The van der Waals surface area contributed by atoms with Crippen molar-refractivity contribution >= 4 is 11.8 Å². The molecule has 1 fully saturated rings. The van der Waals surface area contributed by atoms with Gasteiger partial charge in [-0.2, -0.15) is 4.98 Å². The molecule has 1 saturated heterocycles. The van der Waals surface area contributed by atoms with Gasteiger partial charge in [0.1, 0.15) is 17.4 Å². The molecule has 110 valence electrons. The van der Waals surface area contributed by atoms with Crippen LogP contribution in [0.25, 0.3) is 11.3 Å². The number of aromatic hydroxyl groups is 1. The van der Waals surface area contributed by atoms with Crippen LogP contribution in [-0.2, 0) is 0 Å². The standard InChI is InChI=1S/C15H17FN4O/c1-9-6-10(11(16)7-13(9)21)12-8-14(19-15(17)18-12)20-4-2-3-5-20/h6-8,21H,2-5H2,1H3,(H2,17,18,19). The summed E-state index contributed by atoms with van der Waals surface area (Å²) in [6.07, 6.45) is 2.23. The van der Waals surface area contributed by atoms with Crippen LogP contribution in [-0.4, -0.2) is 28.2 Å².